The normalized spacial score (nSPS) is 11.7. The van der Waals surface area contributed by atoms with Gasteiger partial charge in [-0.1, -0.05) is 12.1 Å². The lowest BCUT2D eigenvalue weighted by Crippen LogP contribution is -2.41. The first-order valence-corrected chi connectivity index (χ1v) is 8.10. The lowest BCUT2D eigenvalue weighted by atomic mass is 10.1. The maximum absolute atomic E-state index is 11.8. The number of carboxylic acid groups (broad SMARTS) is 1. The quantitative estimate of drug-likeness (QED) is 0.729. The molecule has 1 amide bonds. The van der Waals surface area contributed by atoms with Crippen molar-refractivity contribution >= 4 is 23.6 Å². The fourth-order valence-electron chi connectivity index (χ4n) is 1.81. The van der Waals surface area contributed by atoms with Gasteiger partial charge >= 0.3 is 5.97 Å². The van der Waals surface area contributed by atoms with Gasteiger partial charge in [-0.25, -0.2) is 4.79 Å². The van der Waals surface area contributed by atoms with E-state index in [1.807, 2.05) is 30.5 Å². The summed E-state index contributed by atoms with van der Waals surface area (Å²) in [7, 11) is 1.60. The van der Waals surface area contributed by atoms with Crippen molar-refractivity contribution in [2.75, 3.05) is 19.1 Å². The highest BCUT2D eigenvalue weighted by Gasteiger charge is 2.18. The fourth-order valence-corrected chi connectivity index (χ4v) is 2.28. The molecule has 21 heavy (non-hydrogen) atoms. The minimum Gasteiger partial charge on any atom is -0.497 e. The van der Waals surface area contributed by atoms with Crippen LogP contribution in [0.5, 0.6) is 5.75 Å². The number of carboxylic acids is 1. The summed E-state index contributed by atoms with van der Waals surface area (Å²) in [6.45, 7) is 0. The molecule has 0 aliphatic heterocycles. The van der Waals surface area contributed by atoms with Gasteiger partial charge in [0.25, 0.3) is 0 Å². The molecular formula is C15H21NO4S. The SMILES string of the molecule is COc1ccc(CCC(=O)NC(CCSC)C(=O)O)cc1. The number of methoxy groups -OCH3 is 1. The zero-order valence-corrected chi connectivity index (χ0v) is 13.1. The van der Waals surface area contributed by atoms with E-state index >= 15 is 0 Å². The average Bonchev–Trinajstić information content (AvgIpc) is 2.49. The monoisotopic (exact) mass is 311 g/mol. The standard InChI is InChI=1S/C15H21NO4S/c1-20-12-6-3-11(4-7-12)5-8-14(17)16-13(15(18)19)9-10-21-2/h3-4,6-7,13H,5,8-10H2,1-2H3,(H,16,17)(H,18,19). The van der Waals surface area contributed by atoms with Gasteiger partial charge in [-0.3, -0.25) is 4.79 Å². The first-order chi connectivity index (χ1) is 10.1. The highest BCUT2D eigenvalue weighted by Crippen LogP contribution is 2.12. The van der Waals surface area contributed by atoms with Crippen molar-refractivity contribution in [1.29, 1.82) is 0 Å². The highest BCUT2D eigenvalue weighted by atomic mass is 32.2. The summed E-state index contributed by atoms with van der Waals surface area (Å²) in [6, 6.07) is 6.67. The topological polar surface area (TPSA) is 75.6 Å². The molecule has 0 aromatic heterocycles. The number of amides is 1. The molecule has 0 aliphatic rings. The predicted octanol–water partition coefficient (Wildman–Crippen LogP) is 1.95. The Balaban J connectivity index is 2.42. The number of carbonyl (C=O) groups excluding carboxylic acids is 1. The van der Waals surface area contributed by atoms with Gasteiger partial charge in [0.2, 0.25) is 5.91 Å². The Bertz CT molecular complexity index is 461. The van der Waals surface area contributed by atoms with Crippen LogP contribution < -0.4 is 10.1 Å². The molecule has 0 saturated carbocycles. The number of carbonyl (C=O) groups is 2. The molecule has 1 rings (SSSR count). The third kappa shape index (κ3) is 6.53. The molecule has 0 saturated heterocycles. The van der Waals surface area contributed by atoms with Gasteiger partial charge in [-0.15, -0.1) is 0 Å². The number of rotatable bonds is 9. The maximum Gasteiger partial charge on any atom is 0.326 e. The summed E-state index contributed by atoms with van der Waals surface area (Å²) in [5.41, 5.74) is 1.02. The molecule has 2 N–H and O–H groups in total. The van der Waals surface area contributed by atoms with Crippen LogP contribution in [0.2, 0.25) is 0 Å². The zero-order valence-electron chi connectivity index (χ0n) is 12.3. The molecule has 0 spiro atoms. The van der Waals surface area contributed by atoms with Gasteiger partial charge in [-0.2, -0.15) is 11.8 Å². The van der Waals surface area contributed by atoms with Crippen LogP contribution in [0.4, 0.5) is 0 Å². The van der Waals surface area contributed by atoms with Crippen LogP contribution in [0.15, 0.2) is 24.3 Å². The van der Waals surface area contributed by atoms with Crippen molar-refractivity contribution < 1.29 is 19.4 Å². The summed E-state index contributed by atoms with van der Waals surface area (Å²) in [4.78, 5) is 22.9. The number of hydrogen-bond acceptors (Lipinski definition) is 4. The second-order valence-electron chi connectivity index (χ2n) is 4.59. The molecule has 1 aromatic carbocycles. The van der Waals surface area contributed by atoms with E-state index in [4.69, 9.17) is 9.84 Å². The third-order valence-electron chi connectivity index (χ3n) is 3.04. The Hall–Kier alpha value is -1.69. The second-order valence-corrected chi connectivity index (χ2v) is 5.57. The Labute approximate surface area is 129 Å². The van der Waals surface area contributed by atoms with Gasteiger partial charge in [0.1, 0.15) is 11.8 Å². The molecule has 116 valence electrons. The Morgan fingerprint density at radius 2 is 2.00 bits per heavy atom. The van der Waals surface area contributed by atoms with E-state index in [0.717, 1.165) is 11.3 Å². The van der Waals surface area contributed by atoms with Crippen LogP contribution in [0.3, 0.4) is 0 Å². The molecule has 0 heterocycles. The Kier molecular flexibility index (Phi) is 7.68. The van der Waals surface area contributed by atoms with E-state index in [0.29, 0.717) is 18.6 Å². The Morgan fingerprint density at radius 1 is 1.33 bits per heavy atom. The van der Waals surface area contributed by atoms with Crippen LogP contribution in [-0.4, -0.2) is 42.1 Å². The second kappa shape index (κ2) is 9.28. The van der Waals surface area contributed by atoms with Crippen LogP contribution in [0, 0.1) is 0 Å². The predicted molar refractivity (Wildman–Crippen MR) is 83.9 cm³/mol. The number of nitrogens with one attached hydrogen (secondary N) is 1. The van der Waals surface area contributed by atoms with Crippen molar-refractivity contribution in [2.45, 2.75) is 25.3 Å². The highest BCUT2D eigenvalue weighted by molar-refractivity contribution is 7.98. The fraction of sp³-hybridized carbons (Fsp3) is 0.467. The summed E-state index contributed by atoms with van der Waals surface area (Å²) < 4.78 is 5.06. The number of thioether (sulfide) groups is 1. The summed E-state index contributed by atoms with van der Waals surface area (Å²) in [5.74, 6) is 0.253. The molecule has 5 nitrogen and oxygen atoms in total. The van der Waals surface area contributed by atoms with E-state index in [2.05, 4.69) is 5.32 Å². The van der Waals surface area contributed by atoms with Crippen LogP contribution >= 0.6 is 11.8 Å². The minimum atomic E-state index is -0.984. The minimum absolute atomic E-state index is 0.237. The molecule has 1 unspecified atom stereocenters. The maximum atomic E-state index is 11.8. The Morgan fingerprint density at radius 3 is 2.52 bits per heavy atom. The number of hydrogen-bond donors (Lipinski definition) is 2. The summed E-state index contributed by atoms with van der Waals surface area (Å²) in [6.07, 6.45) is 3.19. The first-order valence-electron chi connectivity index (χ1n) is 6.71. The number of aliphatic carboxylic acids is 1. The molecule has 0 fully saturated rings. The third-order valence-corrected chi connectivity index (χ3v) is 3.69. The van der Waals surface area contributed by atoms with Crippen LogP contribution in [0.1, 0.15) is 18.4 Å². The molecule has 0 bridgehead atoms. The van der Waals surface area contributed by atoms with Crippen molar-refractivity contribution in [3.8, 4) is 5.75 Å². The van der Waals surface area contributed by atoms with Gasteiger partial charge in [0.05, 0.1) is 7.11 Å². The largest absolute Gasteiger partial charge is 0.497 e. The smallest absolute Gasteiger partial charge is 0.326 e. The van der Waals surface area contributed by atoms with E-state index in [9.17, 15) is 9.59 Å². The van der Waals surface area contributed by atoms with Gasteiger partial charge in [0, 0.05) is 6.42 Å². The van der Waals surface area contributed by atoms with Gasteiger partial charge in [-0.05, 0) is 42.5 Å². The molecule has 6 heteroatoms. The van der Waals surface area contributed by atoms with Crippen LogP contribution in [0.25, 0.3) is 0 Å². The zero-order chi connectivity index (χ0) is 15.7. The van der Waals surface area contributed by atoms with E-state index in [-0.39, 0.29) is 12.3 Å². The summed E-state index contributed by atoms with van der Waals surface area (Å²) in [5, 5.41) is 11.6. The van der Waals surface area contributed by atoms with Crippen molar-refractivity contribution in [3.05, 3.63) is 29.8 Å². The van der Waals surface area contributed by atoms with Crippen molar-refractivity contribution in [2.24, 2.45) is 0 Å². The summed E-state index contributed by atoms with van der Waals surface area (Å²) >= 11 is 1.56. The molecule has 1 aromatic rings. The van der Waals surface area contributed by atoms with Crippen molar-refractivity contribution in [1.82, 2.24) is 5.32 Å². The van der Waals surface area contributed by atoms with Gasteiger partial charge in [0.15, 0.2) is 0 Å². The molecule has 0 aliphatic carbocycles. The van der Waals surface area contributed by atoms with Crippen molar-refractivity contribution in [3.63, 3.8) is 0 Å². The molecule has 1 atom stereocenters. The van der Waals surface area contributed by atoms with E-state index in [1.165, 1.54) is 0 Å². The lowest BCUT2D eigenvalue weighted by Gasteiger charge is -2.13. The number of aryl methyl sites for hydroxylation is 1. The molecule has 0 radical (unpaired) electrons. The number of ether oxygens (including phenoxy) is 1. The number of benzene rings is 1. The average molecular weight is 311 g/mol. The lowest BCUT2D eigenvalue weighted by molar-refractivity contribution is -0.141. The van der Waals surface area contributed by atoms with E-state index < -0.39 is 12.0 Å². The van der Waals surface area contributed by atoms with Gasteiger partial charge < -0.3 is 15.2 Å². The van der Waals surface area contributed by atoms with E-state index in [1.54, 1.807) is 18.9 Å². The van der Waals surface area contributed by atoms with Crippen LogP contribution in [-0.2, 0) is 16.0 Å². The first kappa shape index (κ1) is 17.4. The molecular weight excluding hydrogens is 290 g/mol.